The molecule has 3 unspecified atom stereocenters. The van der Waals surface area contributed by atoms with E-state index in [2.05, 4.69) is 10.3 Å². The summed E-state index contributed by atoms with van der Waals surface area (Å²) in [6.45, 7) is 0. The Hall–Kier alpha value is -1.42. The van der Waals surface area contributed by atoms with Crippen LogP contribution in [0.3, 0.4) is 0 Å². The van der Waals surface area contributed by atoms with Gasteiger partial charge in [0.1, 0.15) is 5.82 Å². The highest BCUT2D eigenvalue weighted by Crippen LogP contribution is 2.38. The van der Waals surface area contributed by atoms with Crippen molar-refractivity contribution in [3.63, 3.8) is 0 Å². The van der Waals surface area contributed by atoms with Gasteiger partial charge >= 0.3 is 0 Å². The molecule has 1 N–H and O–H groups in total. The van der Waals surface area contributed by atoms with Gasteiger partial charge in [0.05, 0.1) is 6.04 Å². The summed E-state index contributed by atoms with van der Waals surface area (Å²) in [5, 5.41) is 3.16. The number of anilines is 1. The molecule has 0 radical (unpaired) electrons. The Balaban J connectivity index is 1.97. The van der Waals surface area contributed by atoms with Crippen LogP contribution in [0.2, 0.25) is 0 Å². The summed E-state index contributed by atoms with van der Waals surface area (Å²) in [4.78, 5) is 19.1. The second-order valence-electron chi connectivity index (χ2n) is 5.57. The topological polar surface area (TPSA) is 45.2 Å². The van der Waals surface area contributed by atoms with Crippen LogP contribution in [0.15, 0.2) is 24.4 Å². The summed E-state index contributed by atoms with van der Waals surface area (Å²) in [7, 11) is 1.88. The van der Waals surface area contributed by atoms with Gasteiger partial charge in [0.2, 0.25) is 5.91 Å². The maximum absolute atomic E-state index is 12.7. The lowest BCUT2D eigenvalue weighted by Crippen LogP contribution is -2.48. The molecule has 1 aliphatic heterocycles. The molecule has 1 amide bonds. The van der Waals surface area contributed by atoms with Gasteiger partial charge in [-0.3, -0.25) is 9.69 Å². The van der Waals surface area contributed by atoms with E-state index in [0.29, 0.717) is 12.0 Å². The largest absolute Gasteiger partial charge is 0.309 e. The van der Waals surface area contributed by atoms with Gasteiger partial charge in [-0.25, -0.2) is 4.98 Å². The number of rotatable bonds is 2. The first-order valence-electron chi connectivity index (χ1n) is 7.22. The van der Waals surface area contributed by atoms with Gasteiger partial charge in [-0.05, 0) is 50.8 Å². The minimum Gasteiger partial charge on any atom is -0.309 e. The number of nitrogens with zero attached hydrogens (tertiary/aromatic N) is 2. The van der Waals surface area contributed by atoms with E-state index in [0.717, 1.165) is 25.1 Å². The summed E-state index contributed by atoms with van der Waals surface area (Å²) in [6.07, 6.45) is 7.45. The number of carbonyl (C=O) groups excluding carboxylic acids is 1. The lowest BCUT2D eigenvalue weighted by Gasteiger charge is -2.31. The van der Waals surface area contributed by atoms with Crippen molar-refractivity contribution in [1.29, 1.82) is 0 Å². The van der Waals surface area contributed by atoms with Gasteiger partial charge in [-0.1, -0.05) is 12.5 Å². The van der Waals surface area contributed by atoms with Crippen molar-refractivity contribution in [2.24, 2.45) is 5.92 Å². The van der Waals surface area contributed by atoms with Crippen LogP contribution in [0, 0.1) is 5.92 Å². The molecule has 2 aliphatic rings. The number of aromatic nitrogens is 1. The second-order valence-corrected chi connectivity index (χ2v) is 5.57. The first kappa shape index (κ1) is 12.6. The molecule has 1 aromatic rings. The van der Waals surface area contributed by atoms with E-state index in [9.17, 15) is 4.79 Å². The Morgan fingerprint density at radius 3 is 2.89 bits per heavy atom. The Labute approximate surface area is 114 Å². The zero-order chi connectivity index (χ0) is 13.2. The highest BCUT2D eigenvalue weighted by molar-refractivity contribution is 5.97. The van der Waals surface area contributed by atoms with Gasteiger partial charge < -0.3 is 5.32 Å². The van der Waals surface area contributed by atoms with E-state index in [1.807, 2.05) is 30.1 Å². The Bertz CT molecular complexity index is 448. The lowest BCUT2D eigenvalue weighted by molar-refractivity contribution is -0.120. The van der Waals surface area contributed by atoms with Crippen LogP contribution < -0.4 is 10.2 Å². The summed E-state index contributed by atoms with van der Waals surface area (Å²) >= 11 is 0. The molecule has 0 aromatic carbocycles. The molecule has 3 rings (SSSR count). The van der Waals surface area contributed by atoms with Gasteiger partial charge in [-0.15, -0.1) is 0 Å². The molecule has 0 spiro atoms. The average Bonchev–Trinajstić information content (AvgIpc) is 2.84. The monoisotopic (exact) mass is 259 g/mol. The molecule has 1 saturated carbocycles. The third-order valence-corrected chi connectivity index (χ3v) is 4.56. The van der Waals surface area contributed by atoms with Crippen LogP contribution in [-0.4, -0.2) is 30.0 Å². The third kappa shape index (κ3) is 2.25. The predicted molar refractivity (Wildman–Crippen MR) is 74.9 cm³/mol. The normalized spacial score (nSPS) is 31.1. The van der Waals surface area contributed by atoms with Crippen molar-refractivity contribution in [2.45, 2.75) is 44.2 Å². The molecule has 2 heterocycles. The molecular weight excluding hydrogens is 238 g/mol. The number of pyridine rings is 1. The third-order valence-electron chi connectivity index (χ3n) is 4.56. The summed E-state index contributed by atoms with van der Waals surface area (Å²) in [5.74, 6) is 1.64. The maximum Gasteiger partial charge on any atom is 0.245 e. The van der Waals surface area contributed by atoms with Crippen molar-refractivity contribution < 1.29 is 4.79 Å². The van der Waals surface area contributed by atoms with E-state index < -0.39 is 0 Å². The SMILES string of the molecule is CNC1CCC2CCCC2N(c2ccccn2)C1=O. The second kappa shape index (κ2) is 5.29. The molecule has 4 heteroatoms. The molecule has 1 aliphatic carbocycles. The molecular formula is C15H21N3O. The van der Waals surface area contributed by atoms with Crippen molar-refractivity contribution in [1.82, 2.24) is 10.3 Å². The number of likely N-dealkylation sites (N-methyl/N-ethyl adjacent to an activating group) is 1. The first-order chi connectivity index (χ1) is 9.31. The van der Waals surface area contributed by atoms with Crippen LogP contribution in [0.5, 0.6) is 0 Å². The summed E-state index contributed by atoms with van der Waals surface area (Å²) in [6, 6.07) is 6.09. The highest BCUT2D eigenvalue weighted by atomic mass is 16.2. The van der Waals surface area contributed by atoms with Crippen LogP contribution in [0.25, 0.3) is 0 Å². The van der Waals surface area contributed by atoms with Gasteiger partial charge in [-0.2, -0.15) is 0 Å². The zero-order valence-electron chi connectivity index (χ0n) is 11.4. The van der Waals surface area contributed by atoms with E-state index in [1.54, 1.807) is 6.20 Å². The van der Waals surface area contributed by atoms with Crippen molar-refractivity contribution in [3.05, 3.63) is 24.4 Å². The van der Waals surface area contributed by atoms with E-state index in [-0.39, 0.29) is 11.9 Å². The van der Waals surface area contributed by atoms with Crippen LogP contribution in [0.4, 0.5) is 5.82 Å². The molecule has 4 nitrogen and oxygen atoms in total. The summed E-state index contributed by atoms with van der Waals surface area (Å²) < 4.78 is 0. The molecule has 102 valence electrons. The molecule has 19 heavy (non-hydrogen) atoms. The fraction of sp³-hybridized carbons (Fsp3) is 0.600. The Morgan fingerprint density at radius 1 is 1.26 bits per heavy atom. The van der Waals surface area contributed by atoms with E-state index >= 15 is 0 Å². The molecule has 1 aromatic heterocycles. The number of nitrogens with one attached hydrogen (secondary N) is 1. The molecule has 2 fully saturated rings. The van der Waals surface area contributed by atoms with Gasteiger partial charge in [0, 0.05) is 12.2 Å². The first-order valence-corrected chi connectivity index (χ1v) is 7.22. The number of carbonyl (C=O) groups is 1. The Morgan fingerprint density at radius 2 is 2.16 bits per heavy atom. The fourth-order valence-electron chi connectivity index (χ4n) is 3.58. The molecule has 1 saturated heterocycles. The van der Waals surface area contributed by atoms with Crippen molar-refractivity contribution >= 4 is 11.7 Å². The minimum absolute atomic E-state index is 0.0624. The number of hydrogen-bond donors (Lipinski definition) is 1. The van der Waals surface area contributed by atoms with Crippen molar-refractivity contribution in [3.8, 4) is 0 Å². The predicted octanol–water partition coefficient (Wildman–Crippen LogP) is 1.97. The van der Waals surface area contributed by atoms with Gasteiger partial charge in [0.25, 0.3) is 0 Å². The van der Waals surface area contributed by atoms with Crippen molar-refractivity contribution in [2.75, 3.05) is 11.9 Å². The molecule has 0 bridgehead atoms. The number of fused-ring (bicyclic) bond motifs is 1. The zero-order valence-corrected chi connectivity index (χ0v) is 11.4. The number of amides is 1. The van der Waals surface area contributed by atoms with Crippen LogP contribution >= 0.6 is 0 Å². The average molecular weight is 259 g/mol. The summed E-state index contributed by atoms with van der Waals surface area (Å²) in [5.41, 5.74) is 0. The minimum atomic E-state index is -0.0624. The van der Waals surface area contributed by atoms with Gasteiger partial charge in [0.15, 0.2) is 0 Å². The Kier molecular flexibility index (Phi) is 3.51. The van der Waals surface area contributed by atoms with E-state index in [4.69, 9.17) is 0 Å². The molecule has 3 atom stereocenters. The number of hydrogen-bond acceptors (Lipinski definition) is 3. The van der Waals surface area contributed by atoms with Crippen LogP contribution in [-0.2, 0) is 4.79 Å². The van der Waals surface area contributed by atoms with E-state index in [1.165, 1.54) is 12.8 Å². The lowest BCUT2D eigenvalue weighted by atomic mass is 9.97. The maximum atomic E-state index is 12.7. The fourth-order valence-corrected chi connectivity index (χ4v) is 3.58. The smallest absolute Gasteiger partial charge is 0.245 e. The highest BCUT2D eigenvalue weighted by Gasteiger charge is 2.41. The van der Waals surface area contributed by atoms with Crippen LogP contribution in [0.1, 0.15) is 32.1 Å². The quantitative estimate of drug-likeness (QED) is 0.883. The standard InChI is InChI=1S/C15H21N3O/c1-16-12-9-8-11-5-4-6-13(11)18(15(12)19)14-7-2-3-10-17-14/h2-3,7,10-13,16H,4-6,8-9H2,1H3.